The van der Waals surface area contributed by atoms with Gasteiger partial charge in [-0.3, -0.25) is 9.59 Å². The van der Waals surface area contributed by atoms with Crippen LogP contribution in [0, 0.1) is 17.2 Å². The smallest absolute Gasteiger partial charge is 0.245 e. The predicted molar refractivity (Wildman–Crippen MR) is 93.4 cm³/mol. The van der Waals surface area contributed by atoms with Gasteiger partial charge in [0, 0.05) is 0 Å². The maximum atomic E-state index is 11.9. The Balaban J connectivity index is 1.82. The number of thiocarbonyl (C=S) groups is 2. The van der Waals surface area contributed by atoms with Crippen LogP contribution in [0.2, 0.25) is 0 Å². The summed E-state index contributed by atoms with van der Waals surface area (Å²) in [7, 11) is 0. The van der Waals surface area contributed by atoms with E-state index in [0.29, 0.717) is 5.11 Å². The van der Waals surface area contributed by atoms with Crippen LogP contribution in [0.4, 0.5) is 0 Å². The van der Waals surface area contributed by atoms with Crippen molar-refractivity contribution in [3.63, 3.8) is 0 Å². The molecule has 1 aromatic carbocycles. The second-order valence-corrected chi connectivity index (χ2v) is 6.31. The average Bonchev–Trinajstić information content (AvgIpc) is 2.53. The first-order valence-electron chi connectivity index (χ1n) is 7.19. The fourth-order valence-corrected chi connectivity index (χ4v) is 3.24. The lowest BCUT2D eigenvalue weighted by atomic mass is 9.90. The summed E-state index contributed by atoms with van der Waals surface area (Å²) >= 11 is 9.99. The third-order valence-electron chi connectivity index (χ3n) is 3.92. The molecule has 0 bridgehead atoms. The minimum atomic E-state index is -0.867. The van der Waals surface area contributed by atoms with Crippen LogP contribution < -0.4 is 21.3 Å². The van der Waals surface area contributed by atoms with E-state index in [1.54, 1.807) is 0 Å². The van der Waals surface area contributed by atoms with Gasteiger partial charge in [0.1, 0.15) is 5.92 Å². The summed E-state index contributed by atoms with van der Waals surface area (Å²) in [6.45, 7) is 0. The van der Waals surface area contributed by atoms with Gasteiger partial charge in [-0.1, -0.05) is 24.3 Å². The standard InChI is InChI=1S/C15H13N5O2S2/c16-6-9-12(19-15(24)20-13(9)22)8-3-1-7(2-4-8)10-5-11(21)18-14(23)17-10/h1-4,9-10,12H,5H2,(H2,17,18,21,23)(H2,19,20,22,24)/t9-,10-,12+/m0/s1. The first-order valence-corrected chi connectivity index (χ1v) is 8.01. The molecule has 0 unspecified atom stereocenters. The number of rotatable bonds is 2. The van der Waals surface area contributed by atoms with Gasteiger partial charge in [-0.25, -0.2) is 0 Å². The van der Waals surface area contributed by atoms with Gasteiger partial charge in [0.2, 0.25) is 11.8 Å². The van der Waals surface area contributed by atoms with Crippen LogP contribution in [0.1, 0.15) is 29.6 Å². The van der Waals surface area contributed by atoms with Crippen molar-refractivity contribution in [2.45, 2.75) is 18.5 Å². The van der Waals surface area contributed by atoms with Crippen molar-refractivity contribution in [3.05, 3.63) is 35.4 Å². The lowest BCUT2D eigenvalue weighted by Gasteiger charge is -2.30. The van der Waals surface area contributed by atoms with Crippen molar-refractivity contribution in [2.24, 2.45) is 5.92 Å². The molecule has 7 nitrogen and oxygen atoms in total. The highest BCUT2D eigenvalue weighted by molar-refractivity contribution is 7.80. The molecule has 0 saturated carbocycles. The third-order valence-corrected chi connectivity index (χ3v) is 4.36. The highest BCUT2D eigenvalue weighted by Crippen LogP contribution is 2.27. The van der Waals surface area contributed by atoms with E-state index in [4.69, 9.17) is 24.4 Å². The van der Waals surface area contributed by atoms with Crippen molar-refractivity contribution in [3.8, 4) is 6.07 Å². The number of nitrogens with one attached hydrogen (secondary N) is 4. The van der Waals surface area contributed by atoms with Crippen molar-refractivity contribution < 1.29 is 9.59 Å². The summed E-state index contributed by atoms with van der Waals surface area (Å²) in [5, 5.41) is 20.7. The Morgan fingerprint density at radius 1 is 1.00 bits per heavy atom. The summed E-state index contributed by atoms with van der Waals surface area (Å²) in [5.41, 5.74) is 1.66. The molecular formula is C15H13N5O2S2. The summed E-state index contributed by atoms with van der Waals surface area (Å²) in [5.74, 6) is -1.41. The van der Waals surface area contributed by atoms with E-state index in [9.17, 15) is 14.9 Å². The van der Waals surface area contributed by atoms with Crippen molar-refractivity contribution in [1.82, 2.24) is 21.3 Å². The Morgan fingerprint density at radius 2 is 1.62 bits per heavy atom. The number of nitrogens with zero attached hydrogens (tertiary/aromatic N) is 1. The minimum Gasteiger partial charge on any atom is -0.355 e. The zero-order chi connectivity index (χ0) is 17.3. The molecule has 2 saturated heterocycles. The molecule has 3 rings (SSSR count). The molecule has 1 aromatic rings. The summed E-state index contributed by atoms with van der Waals surface area (Å²) < 4.78 is 0. The van der Waals surface area contributed by atoms with Gasteiger partial charge < -0.3 is 21.3 Å². The Morgan fingerprint density at radius 3 is 2.25 bits per heavy atom. The quantitative estimate of drug-likeness (QED) is 0.563. The highest BCUT2D eigenvalue weighted by atomic mass is 32.1. The number of hydrogen-bond donors (Lipinski definition) is 4. The number of nitriles is 1. The summed E-state index contributed by atoms with van der Waals surface area (Å²) in [4.78, 5) is 23.5. The zero-order valence-electron chi connectivity index (χ0n) is 12.3. The van der Waals surface area contributed by atoms with E-state index < -0.39 is 17.9 Å². The first-order chi connectivity index (χ1) is 11.5. The number of amides is 2. The number of carbonyl (C=O) groups excluding carboxylic acids is 2. The molecule has 0 radical (unpaired) electrons. The second-order valence-electron chi connectivity index (χ2n) is 5.49. The predicted octanol–water partition coefficient (Wildman–Crippen LogP) is 0.307. The lowest BCUT2D eigenvalue weighted by Crippen LogP contribution is -2.53. The molecule has 3 atom stereocenters. The highest BCUT2D eigenvalue weighted by Gasteiger charge is 2.35. The lowest BCUT2D eigenvalue weighted by molar-refractivity contribution is -0.123. The molecule has 122 valence electrons. The van der Waals surface area contributed by atoms with E-state index in [1.165, 1.54) is 0 Å². The van der Waals surface area contributed by atoms with Gasteiger partial charge in [0.05, 0.1) is 24.6 Å². The fourth-order valence-electron chi connectivity index (χ4n) is 2.76. The van der Waals surface area contributed by atoms with Gasteiger partial charge in [-0.15, -0.1) is 0 Å². The Hall–Kier alpha value is -2.57. The van der Waals surface area contributed by atoms with E-state index in [-0.39, 0.29) is 23.5 Å². The molecule has 4 N–H and O–H groups in total. The third kappa shape index (κ3) is 3.20. The number of benzene rings is 1. The van der Waals surface area contributed by atoms with Crippen LogP contribution in [0.3, 0.4) is 0 Å². The van der Waals surface area contributed by atoms with Crippen LogP contribution in [0.5, 0.6) is 0 Å². The summed E-state index contributed by atoms with van der Waals surface area (Å²) in [6.07, 6.45) is 0.286. The number of hydrogen-bond acceptors (Lipinski definition) is 5. The SMILES string of the molecule is N#C[C@@H]1C(=O)NC(=S)N[C@@H]1c1ccc([C@@H]2CC(=O)NC(=S)N2)cc1. The molecule has 2 aliphatic heterocycles. The van der Waals surface area contributed by atoms with Gasteiger partial charge >= 0.3 is 0 Å². The topological polar surface area (TPSA) is 106 Å². The second kappa shape index (κ2) is 6.51. The van der Waals surface area contributed by atoms with Crippen LogP contribution in [0.25, 0.3) is 0 Å². The zero-order valence-corrected chi connectivity index (χ0v) is 14.0. The molecule has 0 spiro atoms. The Kier molecular flexibility index (Phi) is 4.42. The minimum absolute atomic E-state index is 0.131. The molecule has 2 amide bonds. The van der Waals surface area contributed by atoms with Crippen molar-refractivity contribution >= 4 is 46.5 Å². The maximum absolute atomic E-state index is 11.9. The van der Waals surface area contributed by atoms with E-state index in [1.807, 2.05) is 30.3 Å². The van der Waals surface area contributed by atoms with E-state index in [2.05, 4.69) is 21.3 Å². The van der Waals surface area contributed by atoms with Crippen LogP contribution >= 0.6 is 24.4 Å². The van der Waals surface area contributed by atoms with Gasteiger partial charge in [0.25, 0.3) is 0 Å². The number of carbonyl (C=O) groups is 2. The fraction of sp³-hybridized carbons (Fsp3) is 0.267. The Labute approximate surface area is 148 Å². The molecule has 9 heteroatoms. The first kappa shape index (κ1) is 16.3. The molecule has 0 aliphatic carbocycles. The largest absolute Gasteiger partial charge is 0.355 e. The summed E-state index contributed by atoms with van der Waals surface area (Å²) in [6, 6.07) is 8.62. The molecule has 24 heavy (non-hydrogen) atoms. The normalized spacial score (nSPS) is 26.5. The van der Waals surface area contributed by atoms with Gasteiger partial charge in [-0.05, 0) is 35.6 Å². The van der Waals surface area contributed by atoms with Crippen LogP contribution in [0.15, 0.2) is 24.3 Å². The molecule has 2 fully saturated rings. The van der Waals surface area contributed by atoms with Crippen LogP contribution in [-0.2, 0) is 9.59 Å². The molecular weight excluding hydrogens is 346 g/mol. The van der Waals surface area contributed by atoms with Crippen molar-refractivity contribution in [2.75, 3.05) is 0 Å². The van der Waals surface area contributed by atoms with Crippen LogP contribution in [-0.4, -0.2) is 22.0 Å². The molecule has 0 aromatic heterocycles. The monoisotopic (exact) mass is 359 g/mol. The Bertz CT molecular complexity index is 755. The maximum Gasteiger partial charge on any atom is 0.245 e. The van der Waals surface area contributed by atoms with Gasteiger partial charge in [0.15, 0.2) is 10.2 Å². The molecule has 2 heterocycles. The van der Waals surface area contributed by atoms with Gasteiger partial charge in [-0.2, -0.15) is 5.26 Å². The average molecular weight is 359 g/mol. The van der Waals surface area contributed by atoms with Crippen molar-refractivity contribution in [1.29, 1.82) is 5.26 Å². The van der Waals surface area contributed by atoms with E-state index >= 15 is 0 Å². The molecule has 2 aliphatic rings. The van der Waals surface area contributed by atoms with E-state index in [0.717, 1.165) is 11.1 Å².